The highest BCUT2D eigenvalue weighted by molar-refractivity contribution is 9.10. The Hall–Kier alpha value is -4.05. The van der Waals surface area contributed by atoms with Gasteiger partial charge in [-0.25, -0.2) is 9.97 Å². The molecule has 0 aliphatic heterocycles. The van der Waals surface area contributed by atoms with Crippen LogP contribution in [0.2, 0.25) is 0 Å². The number of imidazole rings is 1. The van der Waals surface area contributed by atoms with E-state index in [1.807, 2.05) is 60.8 Å². The second-order valence-electron chi connectivity index (χ2n) is 7.64. The van der Waals surface area contributed by atoms with Gasteiger partial charge in [0.2, 0.25) is 5.82 Å². The highest BCUT2D eigenvalue weighted by Crippen LogP contribution is 2.42. The molecule has 10 heteroatoms. The lowest BCUT2D eigenvalue weighted by atomic mass is 10.0. The summed E-state index contributed by atoms with van der Waals surface area (Å²) in [6.07, 6.45) is 3.53. The van der Waals surface area contributed by atoms with Crippen LogP contribution in [0.5, 0.6) is 0 Å². The number of nitrogens with zero attached hydrogens (tertiary/aromatic N) is 7. The van der Waals surface area contributed by atoms with Gasteiger partial charge in [-0.05, 0) is 46.3 Å². The van der Waals surface area contributed by atoms with Gasteiger partial charge < -0.3 is 9.32 Å². The molecule has 0 aliphatic rings. The summed E-state index contributed by atoms with van der Waals surface area (Å²) >= 11 is 3.77. The lowest BCUT2D eigenvalue weighted by Gasteiger charge is -2.21. The van der Waals surface area contributed by atoms with Crippen LogP contribution < -0.4 is 4.90 Å². The monoisotopic (exact) mass is 500 g/mol. The van der Waals surface area contributed by atoms with Gasteiger partial charge in [0.05, 0.1) is 10.7 Å². The molecule has 1 N–H and O–H groups in total. The van der Waals surface area contributed by atoms with Crippen molar-refractivity contribution in [2.24, 2.45) is 0 Å². The molecule has 0 saturated heterocycles. The maximum absolute atomic E-state index is 6.26. The maximum atomic E-state index is 6.26. The van der Waals surface area contributed by atoms with Crippen LogP contribution in [0.1, 0.15) is 5.69 Å². The van der Waals surface area contributed by atoms with Gasteiger partial charge in [-0.3, -0.25) is 4.40 Å². The minimum Gasteiger partial charge on any atom is -0.455 e. The molecule has 0 bridgehead atoms. The van der Waals surface area contributed by atoms with Gasteiger partial charge in [0.1, 0.15) is 23.5 Å². The van der Waals surface area contributed by atoms with Crippen LogP contribution in [-0.4, -0.2) is 42.0 Å². The Morgan fingerprint density at radius 1 is 1.09 bits per heavy atom. The van der Waals surface area contributed by atoms with Gasteiger partial charge in [-0.2, -0.15) is 5.21 Å². The fraction of sp³-hybridized carbons (Fsp3) is 0.0870. The Labute approximate surface area is 196 Å². The van der Waals surface area contributed by atoms with Crippen molar-refractivity contribution in [2.45, 2.75) is 6.92 Å². The molecule has 6 aromatic rings. The first-order valence-electron chi connectivity index (χ1n) is 10.2. The van der Waals surface area contributed by atoms with Crippen LogP contribution >= 0.6 is 15.9 Å². The lowest BCUT2D eigenvalue weighted by molar-refractivity contribution is 0.630. The van der Waals surface area contributed by atoms with Crippen LogP contribution in [0.25, 0.3) is 39.3 Å². The Morgan fingerprint density at radius 3 is 2.76 bits per heavy atom. The minimum atomic E-state index is 0.510. The zero-order chi connectivity index (χ0) is 22.5. The van der Waals surface area contributed by atoms with E-state index in [-0.39, 0.29) is 0 Å². The largest absolute Gasteiger partial charge is 0.455 e. The molecule has 0 atom stereocenters. The first-order chi connectivity index (χ1) is 16.1. The van der Waals surface area contributed by atoms with E-state index in [0.717, 1.165) is 49.4 Å². The first-order valence-corrected chi connectivity index (χ1v) is 11.0. The van der Waals surface area contributed by atoms with Crippen LogP contribution in [0.15, 0.2) is 69.9 Å². The number of aromatic amines is 1. The lowest BCUT2D eigenvalue weighted by Crippen LogP contribution is -2.13. The van der Waals surface area contributed by atoms with Crippen molar-refractivity contribution in [1.29, 1.82) is 0 Å². The summed E-state index contributed by atoms with van der Waals surface area (Å²) in [5.74, 6) is 2.19. The molecule has 9 nitrogen and oxygen atoms in total. The summed E-state index contributed by atoms with van der Waals surface area (Å²) in [7, 11) is 2.02. The van der Waals surface area contributed by atoms with Gasteiger partial charge in [0.15, 0.2) is 5.65 Å². The van der Waals surface area contributed by atoms with E-state index in [1.165, 1.54) is 0 Å². The van der Waals surface area contributed by atoms with E-state index in [0.29, 0.717) is 11.6 Å². The van der Waals surface area contributed by atoms with Gasteiger partial charge in [0, 0.05) is 41.0 Å². The molecule has 0 unspecified atom stereocenters. The fourth-order valence-electron chi connectivity index (χ4n) is 4.00. The summed E-state index contributed by atoms with van der Waals surface area (Å²) < 4.78 is 9.09. The second-order valence-corrected chi connectivity index (χ2v) is 8.44. The SMILES string of the molecule is Cc1cc(N(C)c2ccc3oc(-c4ccccc4-c4nn[nH]n4)c(Br)c3c2)n2cncc2n1. The topological polar surface area (TPSA) is 101 Å². The molecule has 0 amide bonds. The molecule has 0 aliphatic carbocycles. The van der Waals surface area contributed by atoms with Gasteiger partial charge in [0.25, 0.3) is 0 Å². The highest BCUT2D eigenvalue weighted by Gasteiger charge is 2.20. The number of nitrogens with one attached hydrogen (secondary N) is 1. The number of rotatable bonds is 4. The van der Waals surface area contributed by atoms with Crippen LogP contribution in [0.4, 0.5) is 11.5 Å². The number of H-pyrrole nitrogens is 1. The van der Waals surface area contributed by atoms with E-state index in [2.05, 4.69) is 57.5 Å². The number of hydrogen-bond acceptors (Lipinski definition) is 7. The first kappa shape index (κ1) is 19.6. The third-order valence-electron chi connectivity index (χ3n) is 5.59. The highest BCUT2D eigenvalue weighted by atomic mass is 79.9. The molecule has 162 valence electrons. The van der Waals surface area contributed by atoms with E-state index in [9.17, 15) is 0 Å². The molecule has 33 heavy (non-hydrogen) atoms. The predicted octanol–water partition coefficient (Wildman–Crippen LogP) is 5.16. The molecule has 2 aromatic carbocycles. The number of hydrogen-bond donors (Lipinski definition) is 1. The standard InChI is InChI=1S/C23H17BrN8O/c1-13-9-20(32-12-25-11-19(32)26-13)31(2)14-7-8-18-17(10-14)21(24)22(33-18)15-5-3-4-6-16(15)23-27-29-30-28-23/h3-12H,1-2H3,(H,27,28,29,30). The van der Waals surface area contributed by atoms with Crippen molar-refractivity contribution >= 4 is 44.1 Å². The molecule has 0 spiro atoms. The summed E-state index contributed by atoms with van der Waals surface area (Å²) in [6.45, 7) is 1.98. The number of benzene rings is 2. The van der Waals surface area contributed by atoms with Crippen molar-refractivity contribution in [3.8, 4) is 22.7 Å². The van der Waals surface area contributed by atoms with Gasteiger partial charge in [-0.15, -0.1) is 10.2 Å². The van der Waals surface area contributed by atoms with Crippen LogP contribution in [0.3, 0.4) is 0 Å². The van der Waals surface area contributed by atoms with Crippen molar-refractivity contribution in [3.05, 3.63) is 71.2 Å². The summed E-state index contributed by atoms with van der Waals surface area (Å²) in [6, 6.07) is 16.0. The van der Waals surface area contributed by atoms with Crippen LogP contribution in [0, 0.1) is 6.92 Å². The zero-order valence-electron chi connectivity index (χ0n) is 17.7. The molecular weight excluding hydrogens is 484 g/mol. The van der Waals surface area contributed by atoms with E-state index >= 15 is 0 Å². The normalized spacial score (nSPS) is 11.5. The molecule has 6 rings (SSSR count). The van der Waals surface area contributed by atoms with Crippen molar-refractivity contribution in [2.75, 3.05) is 11.9 Å². The summed E-state index contributed by atoms with van der Waals surface area (Å²) in [5.41, 5.74) is 5.22. The summed E-state index contributed by atoms with van der Waals surface area (Å²) in [5, 5.41) is 15.4. The Kier molecular flexibility index (Phi) is 4.47. The Morgan fingerprint density at radius 2 is 1.94 bits per heavy atom. The fourth-order valence-corrected chi connectivity index (χ4v) is 4.60. The Bertz CT molecular complexity index is 1620. The number of aryl methyl sites for hydroxylation is 1. The smallest absolute Gasteiger partial charge is 0.205 e. The third kappa shape index (κ3) is 3.18. The van der Waals surface area contributed by atoms with E-state index < -0.39 is 0 Å². The van der Waals surface area contributed by atoms with Gasteiger partial charge in [-0.1, -0.05) is 24.3 Å². The average molecular weight is 501 g/mol. The minimum absolute atomic E-state index is 0.510. The number of aromatic nitrogens is 7. The van der Waals surface area contributed by atoms with E-state index in [1.54, 1.807) is 12.5 Å². The molecule has 0 fully saturated rings. The maximum Gasteiger partial charge on any atom is 0.205 e. The van der Waals surface area contributed by atoms with Gasteiger partial charge >= 0.3 is 0 Å². The quantitative estimate of drug-likeness (QED) is 0.356. The van der Waals surface area contributed by atoms with E-state index in [4.69, 9.17) is 4.42 Å². The third-order valence-corrected chi connectivity index (χ3v) is 6.38. The number of tetrazole rings is 1. The number of furan rings is 1. The second kappa shape index (κ2) is 7.52. The van der Waals surface area contributed by atoms with Crippen molar-refractivity contribution in [3.63, 3.8) is 0 Å². The van der Waals surface area contributed by atoms with Crippen LogP contribution in [-0.2, 0) is 0 Å². The van der Waals surface area contributed by atoms with Crippen molar-refractivity contribution < 1.29 is 4.42 Å². The number of fused-ring (bicyclic) bond motifs is 2. The molecule has 0 saturated carbocycles. The molecule has 4 heterocycles. The summed E-state index contributed by atoms with van der Waals surface area (Å²) in [4.78, 5) is 10.9. The number of anilines is 2. The molecule has 4 aromatic heterocycles. The van der Waals surface area contributed by atoms with Crippen molar-refractivity contribution in [1.82, 2.24) is 35.0 Å². The average Bonchev–Trinajstić information content (AvgIpc) is 3.58. The molecular formula is C23H17BrN8O. The number of halogens is 1. The predicted molar refractivity (Wildman–Crippen MR) is 128 cm³/mol. The zero-order valence-corrected chi connectivity index (χ0v) is 19.3. The molecule has 0 radical (unpaired) electrons. The Balaban J connectivity index is 1.47.